The van der Waals surface area contributed by atoms with Crippen LogP contribution in [0.15, 0.2) is 24.3 Å². The highest BCUT2D eigenvalue weighted by molar-refractivity contribution is 5.67. The van der Waals surface area contributed by atoms with E-state index in [9.17, 15) is 23.1 Å². The third-order valence-electron chi connectivity index (χ3n) is 2.14. The lowest BCUT2D eigenvalue weighted by Gasteiger charge is -2.12. The second kappa shape index (κ2) is 5.72. The summed E-state index contributed by atoms with van der Waals surface area (Å²) in [7, 11) is 0. The van der Waals surface area contributed by atoms with Crippen LogP contribution >= 0.6 is 0 Å². The summed E-state index contributed by atoms with van der Waals surface area (Å²) < 4.78 is 37.2. The first-order valence-electron chi connectivity index (χ1n) is 5.10. The van der Waals surface area contributed by atoms with Crippen LogP contribution in [0.1, 0.15) is 12.0 Å². The van der Waals surface area contributed by atoms with Crippen LogP contribution < -0.4 is 5.32 Å². The molecule has 100 valence electrons. The number of aliphatic carboxylic acids is 1. The Bertz CT molecular complexity index is 420. The van der Waals surface area contributed by atoms with Crippen LogP contribution in [-0.2, 0) is 11.0 Å². The van der Waals surface area contributed by atoms with E-state index in [4.69, 9.17) is 5.11 Å². The molecule has 1 atom stereocenters. The van der Waals surface area contributed by atoms with E-state index in [2.05, 4.69) is 5.32 Å². The Morgan fingerprint density at radius 2 is 2.06 bits per heavy atom. The fourth-order valence-electron chi connectivity index (χ4n) is 1.31. The summed E-state index contributed by atoms with van der Waals surface area (Å²) in [6.07, 6.45) is -6.05. The van der Waals surface area contributed by atoms with Gasteiger partial charge in [0.2, 0.25) is 0 Å². The van der Waals surface area contributed by atoms with Crippen molar-refractivity contribution in [2.75, 3.05) is 11.9 Å². The minimum atomic E-state index is -4.43. The summed E-state index contributed by atoms with van der Waals surface area (Å²) in [4.78, 5) is 10.3. The molecule has 0 aliphatic carbocycles. The number of nitrogens with one attached hydrogen (secondary N) is 1. The average molecular weight is 263 g/mol. The van der Waals surface area contributed by atoms with Gasteiger partial charge in [0.25, 0.3) is 0 Å². The maximum absolute atomic E-state index is 12.4. The summed E-state index contributed by atoms with van der Waals surface area (Å²) in [6.45, 7) is -0.131. The van der Waals surface area contributed by atoms with E-state index in [1.807, 2.05) is 0 Å². The highest BCUT2D eigenvalue weighted by Crippen LogP contribution is 2.30. The van der Waals surface area contributed by atoms with Crippen molar-refractivity contribution in [3.8, 4) is 0 Å². The van der Waals surface area contributed by atoms with Gasteiger partial charge in [0.15, 0.2) is 0 Å². The van der Waals surface area contributed by atoms with E-state index < -0.39 is 30.2 Å². The molecule has 18 heavy (non-hydrogen) atoms. The van der Waals surface area contributed by atoms with Gasteiger partial charge in [-0.25, -0.2) is 0 Å². The molecule has 1 rings (SSSR count). The molecule has 0 bridgehead atoms. The van der Waals surface area contributed by atoms with Crippen LogP contribution in [0, 0.1) is 0 Å². The first-order chi connectivity index (χ1) is 8.29. The summed E-state index contributed by atoms with van der Waals surface area (Å²) in [5.41, 5.74) is -0.630. The van der Waals surface area contributed by atoms with Gasteiger partial charge in [0.05, 0.1) is 18.1 Å². The number of aliphatic hydroxyl groups is 1. The number of carbonyl (C=O) groups is 1. The van der Waals surface area contributed by atoms with Gasteiger partial charge < -0.3 is 15.5 Å². The molecule has 0 fully saturated rings. The van der Waals surface area contributed by atoms with Crippen molar-refractivity contribution in [2.45, 2.75) is 18.7 Å². The Labute approximate surface area is 101 Å². The molecule has 1 aromatic rings. The Hall–Kier alpha value is -1.76. The van der Waals surface area contributed by atoms with Crippen molar-refractivity contribution in [2.24, 2.45) is 0 Å². The topological polar surface area (TPSA) is 69.6 Å². The zero-order valence-electron chi connectivity index (χ0n) is 9.24. The molecule has 1 aromatic carbocycles. The normalized spacial score (nSPS) is 13.1. The van der Waals surface area contributed by atoms with Crippen LogP contribution in [0.3, 0.4) is 0 Å². The number of carboxylic acid groups (broad SMARTS) is 1. The largest absolute Gasteiger partial charge is 0.481 e. The summed E-state index contributed by atoms with van der Waals surface area (Å²) in [5.74, 6) is -1.17. The molecule has 0 aromatic heterocycles. The van der Waals surface area contributed by atoms with Crippen molar-refractivity contribution >= 4 is 11.7 Å². The van der Waals surface area contributed by atoms with Gasteiger partial charge >= 0.3 is 12.1 Å². The van der Waals surface area contributed by atoms with Gasteiger partial charge in [-0.05, 0) is 18.2 Å². The molecule has 0 spiro atoms. The SMILES string of the molecule is O=C(O)CC(O)CNc1cccc(C(F)(F)F)c1. The van der Waals surface area contributed by atoms with Gasteiger partial charge in [-0.2, -0.15) is 13.2 Å². The second-order valence-electron chi connectivity index (χ2n) is 3.71. The van der Waals surface area contributed by atoms with E-state index >= 15 is 0 Å². The van der Waals surface area contributed by atoms with Crippen LogP contribution in [0.5, 0.6) is 0 Å². The van der Waals surface area contributed by atoms with E-state index in [0.717, 1.165) is 12.1 Å². The molecule has 0 aliphatic heterocycles. The molecule has 7 heteroatoms. The number of anilines is 1. The van der Waals surface area contributed by atoms with Gasteiger partial charge in [-0.3, -0.25) is 4.79 Å². The Balaban J connectivity index is 2.60. The van der Waals surface area contributed by atoms with E-state index in [1.165, 1.54) is 12.1 Å². The lowest BCUT2D eigenvalue weighted by molar-refractivity contribution is -0.139. The van der Waals surface area contributed by atoms with Crippen LogP contribution in [0.4, 0.5) is 18.9 Å². The zero-order valence-corrected chi connectivity index (χ0v) is 9.24. The number of carboxylic acids is 1. The van der Waals surface area contributed by atoms with E-state index in [1.54, 1.807) is 0 Å². The smallest absolute Gasteiger partial charge is 0.416 e. The van der Waals surface area contributed by atoms with Crippen molar-refractivity contribution in [3.05, 3.63) is 29.8 Å². The van der Waals surface area contributed by atoms with Crippen LogP contribution in [0.2, 0.25) is 0 Å². The molecule has 0 amide bonds. The maximum atomic E-state index is 12.4. The quantitative estimate of drug-likeness (QED) is 0.759. The number of halogens is 3. The fraction of sp³-hybridized carbons (Fsp3) is 0.364. The van der Waals surface area contributed by atoms with Gasteiger partial charge in [-0.1, -0.05) is 6.07 Å². The lowest BCUT2D eigenvalue weighted by atomic mass is 10.2. The van der Waals surface area contributed by atoms with Gasteiger partial charge in [0, 0.05) is 12.2 Å². The third kappa shape index (κ3) is 4.62. The fourth-order valence-corrected chi connectivity index (χ4v) is 1.31. The number of hydrogen-bond donors (Lipinski definition) is 3. The molecule has 0 saturated heterocycles. The monoisotopic (exact) mass is 263 g/mol. The highest BCUT2D eigenvalue weighted by atomic mass is 19.4. The predicted molar refractivity (Wildman–Crippen MR) is 58.2 cm³/mol. The van der Waals surface area contributed by atoms with Crippen molar-refractivity contribution in [3.63, 3.8) is 0 Å². The molecule has 4 nitrogen and oxygen atoms in total. The van der Waals surface area contributed by atoms with Crippen molar-refractivity contribution < 1.29 is 28.2 Å². The zero-order chi connectivity index (χ0) is 13.8. The average Bonchev–Trinajstić information content (AvgIpc) is 2.25. The van der Waals surface area contributed by atoms with E-state index in [0.29, 0.717) is 0 Å². The second-order valence-corrected chi connectivity index (χ2v) is 3.71. The molecule has 0 aliphatic rings. The molecule has 1 unspecified atom stereocenters. The Morgan fingerprint density at radius 3 is 2.61 bits per heavy atom. The first kappa shape index (κ1) is 14.3. The minimum absolute atomic E-state index is 0.131. The van der Waals surface area contributed by atoms with Gasteiger partial charge in [-0.15, -0.1) is 0 Å². The predicted octanol–water partition coefficient (Wildman–Crippen LogP) is 1.95. The molecule has 3 N–H and O–H groups in total. The highest BCUT2D eigenvalue weighted by Gasteiger charge is 2.30. The minimum Gasteiger partial charge on any atom is -0.481 e. The standard InChI is InChI=1S/C11H12F3NO3/c12-11(13,14)7-2-1-3-8(4-7)15-6-9(16)5-10(17)18/h1-4,9,15-16H,5-6H2,(H,17,18). The van der Waals surface area contributed by atoms with Crippen LogP contribution in [-0.4, -0.2) is 28.8 Å². The summed E-state index contributed by atoms with van der Waals surface area (Å²) in [5, 5.41) is 20.2. The molecule has 0 radical (unpaired) electrons. The van der Waals surface area contributed by atoms with Gasteiger partial charge in [0.1, 0.15) is 0 Å². The number of alkyl halides is 3. The molecular weight excluding hydrogens is 251 g/mol. The van der Waals surface area contributed by atoms with Crippen LogP contribution in [0.25, 0.3) is 0 Å². The Kier molecular flexibility index (Phi) is 4.55. The van der Waals surface area contributed by atoms with Crippen molar-refractivity contribution in [1.29, 1.82) is 0 Å². The summed E-state index contributed by atoms with van der Waals surface area (Å²) >= 11 is 0. The summed E-state index contributed by atoms with van der Waals surface area (Å²) in [6, 6.07) is 4.46. The molecule has 0 heterocycles. The number of hydrogen-bond acceptors (Lipinski definition) is 3. The molecule has 0 saturated carbocycles. The molecular formula is C11H12F3NO3. The Morgan fingerprint density at radius 1 is 1.39 bits per heavy atom. The first-order valence-corrected chi connectivity index (χ1v) is 5.10. The number of benzene rings is 1. The third-order valence-corrected chi connectivity index (χ3v) is 2.14. The number of aliphatic hydroxyl groups excluding tert-OH is 1. The van der Waals surface area contributed by atoms with E-state index in [-0.39, 0.29) is 12.2 Å². The van der Waals surface area contributed by atoms with Crippen molar-refractivity contribution in [1.82, 2.24) is 0 Å². The lowest BCUT2D eigenvalue weighted by Crippen LogP contribution is -2.22. The maximum Gasteiger partial charge on any atom is 0.416 e. The number of rotatable bonds is 5.